The fourth-order valence-electron chi connectivity index (χ4n) is 2.39. The van der Waals surface area contributed by atoms with Crippen LogP contribution in [0.4, 0.5) is 30.6 Å². The van der Waals surface area contributed by atoms with Crippen LogP contribution in [0.25, 0.3) is 0 Å². The van der Waals surface area contributed by atoms with Crippen LogP contribution in [0, 0.1) is 6.92 Å². The SMILES string of the molecule is CNc1nc(Nc2cnn(Cc3ccn(C)n3)c2C)ncc1C(F)(F)F. The van der Waals surface area contributed by atoms with E-state index in [1.807, 2.05) is 26.2 Å². The summed E-state index contributed by atoms with van der Waals surface area (Å²) in [6.45, 7) is 2.31. The molecular weight excluding hydrogens is 349 g/mol. The van der Waals surface area contributed by atoms with Crippen molar-refractivity contribution in [1.82, 2.24) is 29.5 Å². The van der Waals surface area contributed by atoms with Gasteiger partial charge < -0.3 is 10.6 Å². The van der Waals surface area contributed by atoms with Crippen LogP contribution in [-0.2, 0) is 19.8 Å². The van der Waals surface area contributed by atoms with Gasteiger partial charge in [0.1, 0.15) is 11.4 Å². The van der Waals surface area contributed by atoms with Crippen LogP contribution in [-0.4, -0.2) is 36.6 Å². The predicted octanol–water partition coefficient (Wildman–Crippen LogP) is 2.57. The number of anilines is 3. The lowest BCUT2D eigenvalue weighted by Gasteiger charge is -2.12. The number of nitrogens with one attached hydrogen (secondary N) is 2. The number of hydrogen-bond donors (Lipinski definition) is 2. The molecule has 0 spiro atoms. The van der Waals surface area contributed by atoms with Gasteiger partial charge in [-0.3, -0.25) is 9.36 Å². The molecule has 0 atom stereocenters. The van der Waals surface area contributed by atoms with E-state index in [0.29, 0.717) is 12.2 Å². The molecule has 0 unspecified atom stereocenters. The standard InChI is InChI=1S/C15H17F3N8/c1-9-12(7-21-26(9)8-10-4-5-25(3)24-10)22-14-20-6-11(15(16,17)18)13(19-2)23-14/h4-7H,8H2,1-3H3,(H2,19,20,22,23). The molecule has 3 aromatic heterocycles. The molecule has 11 heteroatoms. The molecule has 3 rings (SSSR count). The van der Waals surface area contributed by atoms with Gasteiger partial charge >= 0.3 is 6.18 Å². The monoisotopic (exact) mass is 366 g/mol. The third kappa shape index (κ3) is 3.60. The highest BCUT2D eigenvalue weighted by atomic mass is 19.4. The number of halogens is 3. The minimum Gasteiger partial charge on any atom is -0.372 e. The van der Waals surface area contributed by atoms with E-state index in [2.05, 4.69) is 30.8 Å². The molecule has 0 aliphatic heterocycles. The van der Waals surface area contributed by atoms with Crippen molar-refractivity contribution in [3.05, 3.63) is 41.6 Å². The zero-order chi connectivity index (χ0) is 18.9. The van der Waals surface area contributed by atoms with Gasteiger partial charge in [0.15, 0.2) is 0 Å². The maximum Gasteiger partial charge on any atom is 0.421 e. The summed E-state index contributed by atoms with van der Waals surface area (Å²) >= 11 is 0. The Bertz CT molecular complexity index is 912. The minimum absolute atomic E-state index is 0.0443. The Hall–Kier alpha value is -3.11. The van der Waals surface area contributed by atoms with Crippen LogP contribution in [0.1, 0.15) is 17.0 Å². The normalized spacial score (nSPS) is 11.6. The lowest BCUT2D eigenvalue weighted by atomic mass is 10.3. The summed E-state index contributed by atoms with van der Waals surface area (Å²) in [5, 5.41) is 13.9. The summed E-state index contributed by atoms with van der Waals surface area (Å²) in [5.74, 6) is -0.253. The number of hydrogen-bond acceptors (Lipinski definition) is 6. The van der Waals surface area contributed by atoms with E-state index in [1.165, 1.54) is 7.05 Å². The van der Waals surface area contributed by atoms with E-state index >= 15 is 0 Å². The molecule has 0 bridgehead atoms. The number of aryl methyl sites for hydroxylation is 1. The average Bonchev–Trinajstić information content (AvgIpc) is 3.14. The van der Waals surface area contributed by atoms with Gasteiger partial charge in [-0.25, -0.2) is 4.98 Å². The van der Waals surface area contributed by atoms with Crippen LogP contribution in [0.5, 0.6) is 0 Å². The van der Waals surface area contributed by atoms with Crippen LogP contribution in [0.3, 0.4) is 0 Å². The van der Waals surface area contributed by atoms with E-state index < -0.39 is 11.7 Å². The molecule has 8 nitrogen and oxygen atoms in total. The lowest BCUT2D eigenvalue weighted by Crippen LogP contribution is -2.12. The Balaban J connectivity index is 1.81. The second kappa shape index (κ2) is 6.65. The largest absolute Gasteiger partial charge is 0.421 e. The van der Waals surface area contributed by atoms with Crippen molar-refractivity contribution in [1.29, 1.82) is 0 Å². The van der Waals surface area contributed by atoms with Crippen molar-refractivity contribution in [2.45, 2.75) is 19.6 Å². The van der Waals surface area contributed by atoms with Gasteiger partial charge in [-0.2, -0.15) is 28.4 Å². The molecule has 0 aliphatic carbocycles. The molecule has 0 fully saturated rings. The average molecular weight is 366 g/mol. The first-order valence-electron chi connectivity index (χ1n) is 7.68. The Morgan fingerprint density at radius 1 is 1.23 bits per heavy atom. The fourth-order valence-corrected chi connectivity index (χ4v) is 2.39. The van der Waals surface area contributed by atoms with Crippen molar-refractivity contribution in [3.8, 4) is 0 Å². The van der Waals surface area contributed by atoms with Gasteiger partial charge in [-0.1, -0.05) is 0 Å². The number of rotatable bonds is 5. The van der Waals surface area contributed by atoms with Crippen molar-refractivity contribution < 1.29 is 13.2 Å². The molecule has 0 radical (unpaired) electrons. The molecule has 0 amide bonds. The molecule has 0 saturated carbocycles. The highest BCUT2D eigenvalue weighted by Crippen LogP contribution is 2.33. The first-order chi connectivity index (χ1) is 12.3. The van der Waals surface area contributed by atoms with E-state index in [-0.39, 0.29) is 11.8 Å². The van der Waals surface area contributed by atoms with Crippen molar-refractivity contribution in [2.75, 3.05) is 17.7 Å². The van der Waals surface area contributed by atoms with Crippen molar-refractivity contribution in [2.24, 2.45) is 7.05 Å². The Labute approximate surface area is 147 Å². The molecule has 0 aliphatic rings. The summed E-state index contributed by atoms with van der Waals surface area (Å²) in [4.78, 5) is 7.64. The Morgan fingerprint density at radius 2 is 2.00 bits per heavy atom. The third-order valence-electron chi connectivity index (χ3n) is 3.76. The smallest absolute Gasteiger partial charge is 0.372 e. The molecule has 0 saturated heterocycles. The quantitative estimate of drug-likeness (QED) is 0.722. The van der Waals surface area contributed by atoms with Crippen molar-refractivity contribution >= 4 is 17.5 Å². The number of aromatic nitrogens is 6. The van der Waals surface area contributed by atoms with E-state index in [9.17, 15) is 13.2 Å². The maximum absolute atomic E-state index is 12.9. The van der Waals surface area contributed by atoms with Crippen LogP contribution >= 0.6 is 0 Å². The van der Waals surface area contributed by atoms with Gasteiger partial charge in [0.25, 0.3) is 0 Å². The van der Waals surface area contributed by atoms with E-state index in [1.54, 1.807) is 15.6 Å². The first-order valence-corrected chi connectivity index (χ1v) is 7.68. The topological polar surface area (TPSA) is 85.5 Å². The molecule has 26 heavy (non-hydrogen) atoms. The number of nitrogens with zero attached hydrogens (tertiary/aromatic N) is 6. The molecule has 3 aromatic rings. The van der Waals surface area contributed by atoms with Gasteiger partial charge in [0.05, 0.1) is 29.8 Å². The zero-order valence-electron chi connectivity index (χ0n) is 14.3. The molecule has 3 heterocycles. The lowest BCUT2D eigenvalue weighted by molar-refractivity contribution is -0.137. The second-order valence-corrected chi connectivity index (χ2v) is 5.61. The minimum atomic E-state index is -4.53. The number of alkyl halides is 3. The maximum atomic E-state index is 12.9. The zero-order valence-corrected chi connectivity index (χ0v) is 14.3. The summed E-state index contributed by atoms with van der Waals surface area (Å²) in [5.41, 5.74) is 1.30. The highest BCUT2D eigenvalue weighted by molar-refractivity contribution is 5.58. The summed E-state index contributed by atoms with van der Waals surface area (Å²) in [6.07, 6.45) is -0.379. The molecule has 138 valence electrons. The molecule has 2 N–H and O–H groups in total. The van der Waals surface area contributed by atoms with Gasteiger partial charge in [0, 0.05) is 26.5 Å². The first kappa shape index (κ1) is 17.7. The van der Waals surface area contributed by atoms with E-state index in [4.69, 9.17) is 0 Å². The van der Waals surface area contributed by atoms with Crippen LogP contribution < -0.4 is 10.6 Å². The summed E-state index contributed by atoms with van der Waals surface area (Å²) in [7, 11) is 3.20. The summed E-state index contributed by atoms with van der Waals surface area (Å²) in [6, 6.07) is 1.88. The van der Waals surface area contributed by atoms with Gasteiger partial charge in [-0.15, -0.1) is 0 Å². The predicted molar refractivity (Wildman–Crippen MR) is 89.1 cm³/mol. The summed E-state index contributed by atoms with van der Waals surface area (Å²) < 4.78 is 42.2. The van der Waals surface area contributed by atoms with Gasteiger partial charge in [-0.05, 0) is 13.0 Å². The third-order valence-corrected chi connectivity index (χ3v) is 3.76. The Morgan fingerprint density at radius 3 is 2.62 bits per heavy atom. The molecule has 0 aromatic carbocycles. The molecular formula is C15H17F3N8. The highest BCUT2D eigenvalue weighted by Gasteiger charge is 2.35. The fraction of sp³-hybridized carbons (Fsp3) is 0.333. The Kier molecular flexibility index (Phi) is 4.53. The van der Waals surface area contributed by atoms with Crippen molar-refractivity contribution in [3.63, 3.8) is 0 Å². The van der Waals surface area contributed by atoms with Gasteiger partial charge in [0.2, 0.25) is 5.95 Å². The second-order valence-electron chi connectivity index (χ2n) is 5.61. The van der Waals surface area contributed by atoms with E-state index in [0.717, 1.165) is 17.6 Å². The van der Waals surface area contributed by atoms with Crippen LogP contribution in [0.2, 0.25) is 0 Å². The van der Waals surface area contributed by atoms with Crippen LogP contribution in [0.15, 0.2) is 24.7 Å².